The topological polar surface area (TPSA) is 95.5 Å². The van der Waals surface area contributed by atoms with Gasteiger partial charge in [0.05, 0.1) is 10.9 Å². The number of hydrogen-bond acceptors (Lipinski definition) is 5. The summed E-state index contributed by atoms with van der Waals surface area (Å²) in [6.45, 7) is -0.243. The van der Waals surface area contributed by atoms with Gasteiger partial charge >= 0.3 is 51.4 Å². The van der Waals surface area contributed by atoms with E-state index in [-0.39, 0.29) is 62.8 Å². The van der Waals surface area contributed by atoms with Crippen molar-refractivity contribution in [2.75, 3.05) is 13.2 Å². The number of aliphatic carboxylic acids is 1. The smallest absolute Gasteiger partial charge is 0.546 e. The van der Waals surface area contributed by atoms with Crippen LogP contribution in [-0.4, -0.2) is 27.5 Å². The maximum absolute atomic E-state index is 12.0. The molecule has 0 aliphatic heterocycles. The molecule has 0 saturated heterocycles. The Morgan fingerprint density at radius 2 is 1.67 bits per heavy atom. The molecule has 0 aliphatic rings. The van der Waals surface area contributed by atoms with Gasteiger partial charge in [-0.2, -0.15) is 0 Å². The first-order valence-corrected chi connectivity index (χ1v) is 8.42. The van der Waals surface area contributed by atoms with Crippen LogP contribution in [0.5, 0.6) is 5.75 Å². The molecule has 6 nitrogen and oxygen atoms in total. The van der Waals surface area contributed by atoms with E-state index in [1.165, 1.54) is 12.1 Å². The molecule has 24 heavy (non-hydrogen) atoms. The van der Waals surface area contributed by atoms with Gasteiger partial charge in [0.25, 0.3) is 0 Å². The van der Waals surface area contributed by atoms with Crippen LogP contribution in [0.2, 0.25) is 0 Å². The summed E-state index contributed by atoms with van der Waals surface area (Å²) in [5, 5.41) is 10.3. The van der Waals surface area contributed by atoms with Crippen LogP contribution in [0.3, 0.4) is 0 Å². The number of ether oxygens (including phenoxy) is 1. The van der Waals surface area contributed by atoms with Gasteiger partial charge in [0, 0.05) is 6.54 Å². The predicted molar refractivity (Wildman–Crippen MR) is 82.3 cm³/mol. The van der Waals surface area contributed by atoms with Crippen molar-refractivity contribution < 1.29 is 74.4 Å². The van der Waals surface area contributed by atoms with Crippen molar-refractivity contribution in [2.24, 2.45) is 0 Å². The van der Waals surface area contributed by atoms with Crippen molar-refractivity contribution in [2.45, 2.75) is 11.3 Å². The molecule has 0 saturated carbocycles. The molecule has 1 N–H and O–H groups in total. The Labute approximate surface area is 183 Å². The summed E-state index contributed by atoms with van der Waals surface area (Å²) in [5.74, 6) is -0.868. The number of carboxylic acids is 1. The van der Waals surface area contributed by atoms with Gasteiger partial charge in [-0.3, -0.25) is 0 Å². The van der Waals surface area contributed by atoms with Gasteiger partial charge in [0.2, 0.25) is 10.0 Å². The Morgan fingerprint density at radius 3 is 2.25 bits per heavy atom. The minimum absolute atomic E-state index is 0. The summed E-state index contributed by atoms with van der Waals surface area (Å²) >= 11 is 0. The third kappa shape index (κ3) is 7.02. The molecule has 2 aromatic rings. The van der Waals surface area contributed by atoms with Crippen LogP contribution in [0.25, 0.3) is 0 Å². The van der Waals surface area contributed by atoms with E-state index in [9.17, 15) is 18.3 Å². The average molecular weight is 373 g/mol. The van der Waals surface area contributed by atoms with E-state index in [2.05, 4.69) is 4.72 Å². The van der Waals surface area contributed by atoms with Gasteiger partial charge in [-0.25, -0.2) is 13.1 Å². The Kier molecular flexibility index (Phi) is 9.14. The molecule has 2 rings (SSSR count). The first-order valence-electron chi connectivity index (χ1n) is 6.94. The average Bonchev–Trinajstić information content (AvgIpc) is 2.55. The number of carbonyl (C=O) groups excluding carboxylic acids is 1. The molecular formula is C16H16KNO5S. The van der Waals surface area contributed by atoms with E-state index < -0.39 is 22.6 Å². The van der Waals surface area contributed by atoms with Gasteiger partial charge in [0.15, 0.2) is 0 Å². The summed E-state index contributed by atoms with van der Waals surface area (Å²) in [5.41, 5.74) is 0.904. The molecule has 0 bridgehead atoms. The SMILES string of the molecule is O=C([O-])COc1ccc(CCNS(=O)(=O)c2ccccc2)cc1.[K+]. The van der Waals surface area contributed by atoms with Crippen LogP contribution in [0.1, 0.15) is 5.56 Å². The largest absolute Gasteiger partial charge is 1.00 e. The number of nitrogens with one attached hydrogen (secondary N) is 1. The molecule has 0 amide bonds. The van der Waals surface area contributed by atoms with Crippen molar-refractivity contribution in [1.82, 2.24) is 4.72 Å². The van der Waals surface area contributed by atoms with Crippen LogP contribution in [0.15, 0.2) is 59.5 Å². The monoisotopic (exact) mass is 373 g/mol. The van der Waals surface area contributed by atoms with Gasteiger partial charge < -0.3 is 14.6 Å². The zero-order chi connectivity index (χ0) is 16.7. The van der Waals surface area contributed by atoms with Crippen molar-refractivity contribution in [1.29, 1.82) is 0 Å². The van der Waals surface area contributed by atoms with Crippen LogP contribution >= 0.6 is 0 Å². The maximum Gasteiger partial charge on any atom is 1.00 e. The van der Waals surface area contributed by atoms with Crippen LogP contribution in [-0.2, 0) is 21.2 Å². The van der Waals surface area contributed by atoms with E-state index in [1.54, 1.807) is 42.5 Å². The summed E-state index contributed by atoms with van der Waals surface area (Å²) in [4.78, 5) is 10.5. The van der Waals surface area contributed by atoms with Gasteiger partial charge in [-0.15, -0.1) is 0 Å². The molecule has 0 aliphatic carbocycles. The first kappa shape index (κ1) is 21.3. The third-order valence-corrected chi connectivity index (χ3v) is 4.52. The second kappa shape index (κ2) is 10.3. The van der Waals surface area contributed by atoms with Gasteiger partial charge in [0.1, 0.15) is 12.4 Å². The standard InChI is InChI=1S/C16H17NO5S.K/c18-16(19)12-22-14-8-6-13(7-9-14)10-11-17-23(20,21)15-4-2-1-3-5-15;/h1-9,17H,10-12H2,(H,18,19);/q;+1/p-1. The van der Waals surface area contributed by atoms with E-state index in [0.29, 0.717) is 12.2 Å². The van der Waals surface area contributed by atoms with Crippen molar-refractivity contribution in [3.8, 4) is 5.75 Å². The zero-order valence-electron chi connectivity index (χ0n) is 13.3. The van der Waals surface area contributed by atoms with Gasteiger partial charge in [-0.1, -0.05) is 30.3 Å². The van der Waals surface area contributed by atoms with E-state index in [1.807, 2.05) is 0 Å². The number of sulfonamides is 1. The quantitative estimate of drug-likeness (QED) is 0.510. The number of hydrogen-bond donors (Lipinski definition) is 1. The molecule has 2 aromatic carbocycles. The first-order chi connectivity index (χ1) is 11.0. The van der Waals surface area contributed by atoms with Crippen molar-refractivity contribution in [3.05, 3.63) is 60.2 Å². The fourth-order valence-electron chi connectivity index (χ4n) is 1.91. The Bertz CT molecular complexity index is 748. The maximum atomic E-state index is 12.0. The number of carbonyl (C=O) groups is 1. The van der Waals surface area contributed by atoms with E-state index in [4.69, 9.17) is 4.74 Å². The minimum atomic E-state index is -3.50. The van der Waals surface area contributed by atoms with E-state index in [0.717, 1.165) is 5.56 Å². The molecule has 0 aromatic heterocycles. The Hall–Kier alpha value is -0.744. The third-order valence-electron chi connectivity index (χ3n) is 3.04. The normalized spacial score (nSPS) is 10.7. The van der Waals surface area contributed by atoms with Crippen molar-refractivity contribution >= 4 is 16.0 Å². The molecule has 0 unspecified atom stereocenters. The van der Waals surface area contributed by atoms with Crippen LogP contribution < -0.4 is 66.0 Å². The number of benzene rings is 2. The summed E-state index contributed by atoms with van der Waals surface area (Å²) in [6.07, 6.45) is 0.507. The molecule has 8 heteroatoms. The summed E-state index contributed by atoms with van der Waals surface area (Å²) in [6, 6.07) is 14.9. The fraction of sp³-hybridized carbons (Fsp3) is 0.188. The summed E-state index contributed by atoms with van der Waals surface area (Å²) in [7, 11) is -3.50. The molecule has 0 heterocycles. The van der Waals surface area contributed by atoms with E-state index >= 15 is 0 Å². The fourth-order valence-corrected chi connectivity index (χ4v) is 2.96. The molecule has 0 radical (unpaired) electrons. The Morgan fingerprint density at radius 1 is 1.04 bits per heavy atom. The Balaban J connectivity index is 0.00000288. The van der Waals surface area contributed by atoms with Crippen LogP contribution in [0.4, 0.5) is 0 Å². The second-order valence-electron chi connectivity index (χ2n) is 4.77. The van der Waals surface area contributed by atoms with Crippen LogP contribution in [0, 0.1) is 0 Å². The molecule has 122 valence electrons. The zero-order valence-corrected chi connectivity index (χ0v) is 17.2. The molecule has 0 fully saturated rings. The molecule has 0 spiro atoms. The predicted octanol–water partition coefficient (Wildman–Crippen LogP) is -2.66. The number of carboxylic acid groups (broad SMARTS) is 1. The number of rotatable bonds is 8. The van der Waals surface area contributed by atoms with Gasteiger partial charge in [-0.05, 0) is 36.2 Å². The summed E-state index contributed by atoms with van der Waals surface area (Å²) < 4.78 is 31.6. The second-order valence-corrected chi connectivity index (χ2v) is 6.53. The van der Waals surface area contributed by atoms with Crippen molar-refractivity contribution in [3.63, 3.8) is 0 Å². The molecule has 0 atom stereocenters. The minimum Gasteiger partial charge on any atom is -0.546 e. The molecular weight excluding hydrogens is 357 g/mol.